The summed E-state index contributed by atoms with van der Waals surface area (Å²) in [5.74, 6) is -0.791. The Morgan fingerprint density at radius 1 is 1.29 bits per heavy atom. The molecule has 28 heavy (non-hydrogen) atoms. The number of benzene rings is 2. The molecule has 2 N–H and O–H groups in total. The fourth-order valence-electron chi connectivity index (χ4n) is 2.39. The highest BCUT2D eigenvalue weighted by Gasteiger charge is 2.13. The van der Waals surface area contributed by atoms with Crippen LogP contribution in [0.1, 0.15) is 18.1 Å². The number of methoxy groups -OCH3 is 1. The van der Waals surface area contributed by atoms with E-state index in [2.05, 4.69) is 15.8 Å². The molecular formula is C18H17N4O5S-. The van der Waals surface area contributed by atoms with Gasteiger partial charge in [-0.1, -0.05) is 12.1 Å². The van der Waals surface area contributed by atoms with Crippen molar-refractivity contribution in [1.82, 2.24) is 5.43 Å². The summed E-state index contributed by atoms with van der Waals surface area (Å²) in [6, 6.07) is 11.1. The number of nitro groups is 1. The molecule has 0 bridgehead atoms. The van der Waals surface area contributed by atoms with Gasteiger partial charge in [-0.2, -0.15) is 5.10 Å². The van der Waals surface area contributed by atoms with Crippen molar-refractivity contribution in [2.24, 2.45) is 5.10 Å². The van der Waals surface area contributed by atoms with Crippen LogP contribution < -0.4 is 20.6 Å². The van der Waals surface area contributed by atoms with Gasteiger partial charge >= 0.3 is 0 Å². The van der Waals surface area contributed by atoms with Gasteiger partial charge in [-0.15, -0.1) is 0 Å². The van der Waals surface area contributed by atoms with Gasteiger partial charge in [-0.3, -0.25) is 15.5 Å². The Labute approximate surface area is 166 Å². The first-order valence-corrected chi connectivity index (χ1v) is 8.44. The van der Waals surface area contributed by atoms with Crippen molar-refractivity contribution in [3.05, 3.63) is 63.7 Å². The summed E-state index contributed by atoms with van der Waals surface area (Å²) in [5, 5.41) is 28.8. The van der Waals surface area contributed by atoms with E-state index in [4.69, 9.17) is 17.0 Å². The number of carboxylic acid groups (broad SMARTS) is 1. The lowest BCUT2D eigenvalue weighted by Gasteiger charge is -2.12. The lowest BCUT2D eigenvalue weighted by Crippen LogP contribution is -2.25. The molecule has 0 unspecified atom stereocenters. The maximum absolute atomic E-state index is 11.0. The molecule has 2 aromatic carbocycles. The van der Waals surface area contributed by atoms with Crippen LogP contribution in [0.3, 0.4) is 0 Å². The summed E-state index contributed by atoms with van der Waals surface area (Å²) in [5.41, 5.74) is 4.36. The minimum Gasteiger partial charge on any atom is -0.550 e. The van der Waals surface area contributed by atoms with E-state index >= 15 is 0 Å². The molecule has 10 heteroatoms. The van der Waals surface area contributed by atoms with E-state index in [1.807, 2.05) is 0 Å². The van der Waals surface area contributed by atoms with Crippen molar-refractivity contribution < 1.29 is 19.6 Å². The first kappa shape index (κ1) is 20.8. The number of nitrogens with one attached hydrogen (secondary N) is 2. The summed E-state index contributed by atoms with van der Waals surface area (Å²) in [4.78, 5) is 21.4. The number of nitrogens with zero attached hydrogens (tertiary/aromatic N) is 2. The van der Waals surface area contributed by atoms with Crippen LogP contribution in [0.5, 0.6) is 5.75 Å². The number of hydrazone groups is 1. The van der Waals surface area contributed by atoms with E-state index in [-0.39, 0.29) is 22.9 Å². The van der Waals surface area contributed by atoms with Gasteiger partial charge in [-0.05, 0) is 49.0 Å². The second-order valence-corrected chi connectivity index (χ2v) is 6.02. The van der Waals surface area contributed by atoms with Crippen LogP contribution in [0.15, 0.2) is 47.6 Å². The predicted octanol–water partition coefficient (Wildman–Crippen LogP) is 1.61. The Morgan fingerprint density at radius 3 is 2.64 bits per heavy atom. The van der Waals surface area contributed by atoms with Crippen LogP contribution in [0.25, 0.3) is 0 Å². The molecule has 0 fully saturated rings. The molecule has 0 aromatic heterocycles. The third kappa shape index (κ3) is 5.48. The van der Waals surface area contributed by atoms with E-state index < -0.39 is 10.9 Å². The number of aliphatic carboxylic acids is 1. The van der Waals surface area contributed by atoms with Crippen molar-refractivity contribution in [2.75, 3.05) is 12.4 Å². The van der Waals surface area contributed by atoms with E-state index in [1.165, 1.54) is 19.2 Å². The van der Waals surface area contributed by atoms with Crippen LogP contribution >= 0.6 is 12.2 Å². The monoisotopic (exact) mass is 401 g/mol. The number of carbonyl (C=O) groups excluding carboxylic acids is 1. The Hall–Kier alpha value is -3.53. The number of rotatable bonds is 7. The van der Waals surface area contributed by atoms with Crippen molar-refractivity contribution >= 4 is 40.4 Å². The van der Waals surface area contributed by atoms with Crippen LogP contribution in [0.4, 0.5) is 11.4 Å². The van der Waals surface area contributed by atoms with Gasteiger partial charge in [0.25, 0.3) is 5.69 Å². The molecule has 0 atom stereocenters. The Bertz CT molecular complexity index is 945. The summed E-state index contributed by atoms with van der Waals surface area (Å²) in [6.45, 7) is 1.70. The molecular weight excluding hydrogens is 384 g/mol. The van der Waals surface area contributed by atoms with Gasteiger partial charge in [0, 0.05) is 24.0 Å². The zero-order valence-corrected chi connectivity index (χ0v) is 15.9. The van der Waals surface area contributed by atoms with Crippen LogP contribution in [0, 0.1) is 10.1 Å². The summed E-state index contributed by atoms with van der Waals surface area (Å²) in [6.07, 6.45) is -0.296. The third-order valence-electron chi connectivity index (χ3n) is 3.71. The molecule has 146 valence electrons. The summed E-state index contributed by atoms with van der Waals surface area (Å²) >= 11 is 5.12. The molecule has 0 aliphatic rings. The Kier molecular flexibility index (Phi) is 6.99. The summed E-state index contributed by atoms with van der Waals surface area (Å²) in [7, 11) is 1.45. The molecule has 2 aromatic rings. The maximum Gasteiger partial charge on any atom is 0.292 e. The number of para-hydroxylation sites is 2. The topological polar surface area (TPSA) is 129 Å². The fourth-order valence-corrected chi connectivity index (χ4v) is 2.54. The number of nitro benzene ring substituents is 1. The predicted molar refractivity (Wildman–Crippen MR) is 106 cm³/mol. The highest BCUT2D eigenvalue weighted by Crippen LogP contribution is 2.23. The normalized spacial score (nSPS) is 10.9. The molecule has 0 radical (unpaired) electrons. The molecule has 0 saturated carbocycles. The number of hydrogen-bond donors (Lipinski definition) is 2. The van der Waals surface area contributed by atoms with Gasteiger partial charge in [0.05, 0.1) is 17.7 Å². The molecule has 0 aliphatic heterocycles. The Morgan fingerprint density at radius 2 is 2.00 bits per heavy atom. The fraction of sp³-hybridized carbons (Fsp3) is 0.167. The van der Waals surface area contributed by atoms with Crippen molar-refractivity contribution in [3.63, 3.8) is 0 Å². The molecule has 2 rings (SSSR count). The second-order valence-electron chi connectivity index (χ2n) is 5.61. The van der Waals surface area contributed by atoms with Gasteiger partial charge < -0.3 is 20.0 Å². The first-order chi connectivity index (χ1) is 13.3. The Balaban J connectivity index is 2.13. The standard InChI is InChI=1S/C18H18N4O5S/c1-11(12-7-8-16(27-2)13(9-12)10-17(23)24)20-21-18(28)19-14-5-3-4-6-15(14)22(25)26/h3-9H,10H2,1-2H3,(H,23,24)(H2,19,21,28)/p-1/b20-11-. The van der Waals surface area contributed by atoms with Crippen molar-refractivity contribution in [3.8, 4) is 5.75 Å². The van der Waals surface area contributed by atoms with E-state index in [9.17, 15) is 20.0 Å². The van der Waals surface area contributed by atoms with Crippen LogP contribution in [0.2, 0.25) is 0 Å². The highest BCUT2D eigenvalue weighted by atomic mass is 32.1. The highest BCUT2D eigenvalue weighted by molar-refractivity contribution is 7.80. The van der Waals surface area contributed by atoms with Gasteiger partial charge in [-0.25, -0.2) is 0 Å². The number of ether oxygens (including phenoxy) is 1. The third-order valence-corrected chi connectivity index (χ3v) is 3.90. The van der Waals surface area contributed by atoms with Gasteiger partial charge in [0.1, 0.15) is 11.4 Å². The molecule has 0 spiro atoms. The largest absolute Gasteiger partial charge is 0.550 e. The second kappa shape index (κ2) is 9.42. The summed E-state index contributed by atoms with van der Waals surface area (Å²) < 4.78 is 5.14. The van der Waals surface area contributed by atoms with Gasteiger partial charge in [0.2, 0.25) is 0 Å². The number of carboxylic acids is 1. The van der Waals surface area contributed by atoms with E-state index in [1.54, 1.807) is 37.3 Å². The zero-order valence-electron chi connectivity index (χ0n) is 15.1. The molecule has 9 nitrogen and oxygen atoms in total. The minimum atomic E-state index is -1.22. The average Bonchev–Trinajstić information content (AvgIpc) is 2.65. The average molecular weight is 401 g/mol. The molecule has 0 heterocycles. The lowest BCUT2D eigenvalue weighted by molar-refractivity contribution is -0.383. The van der Waals surface area contributed by atoms with Crippen molar-refractivity contribution in [2.45, 2.75) is 13.3 Å². The van der Waals surface area contributed by atoms with Crippen LogP contribution in [-0.2, 0) is 11.2 Å². The minimum absolute atomic E-state index is 0.0668. The van der Waals surface area contributed by atoms with Crippen molar-refractivity contribution in [1.29, 1.82) is 0 Å². The first-order valence-electron chi connectivity index (χ1n) is 8.03. The van der Waals surface area contributed by atoms with Gasteiger partial charge in [0.15, 0.2) is 5.11 Å². The smallest absolute Gasteiger partial charge is 0.292 e. The number of carbonyl (C=O) groups is 1. The van der Waals surface area contributed by atoms with E-state index in [0.29, 0.717) is 22.6 Å². The van der Waals surface area contributed by atoms with E-state index in [0.717, 1.165) is 0 Å². The zero-order chi connectivity index (χ0) is 20.7. The lowest BCUT2D eigenvalue weighted by atomic mass is 10.0. The molecule has 0 aliphatic carbocycles. The molecule has 0 amide bonds. The maximum atomic E-state index is 11.0. The molecule has 0 saturated heterocycles. The number of hydrogen-bond acceptors (Lipinski definition) is 7. The SMILES string of the molecule is COc1ccc(/C(C)=N\NC(=S)Nc2ccccc2[N+](=O)[O-])cc1CC(=O)[O-]. The quantitative estimate of drug-likeness (QED) is 0.310. The number of anilines is 1. The number of thiocarbonyl (C=S) groups is 1. The van der Waals surface area contributed by atoms with Crippen LogP contribution in [-0.4, -0.2) is 28.8 Å².